The molecule has 0 bridgehead atoms. The van der Waals surface area contributed by atoms with E-state index in [0.717, 1.165) is 25.7 Å². The van der Waals surface area contributed by atoms with Crippen LogP contribution in [0.25, 0.3) is 0 Å². The van der Waals surface area contributed by atoms with Gasteiger partial charge in [0.05, 0.1) is 20.8 Å². The summed E-state index contributed by atoms with van der Waals surface area (Å²) < 4.78 is 21.4. The summed E-state index contributed by atoms with van der Waals surface area (Å²) in [6.45, 7) is 6.74. The van der Waals surface area contributed by atoms with Crippen molar-refractivity contribution in [2.75, 3.05) is 0 Å². The van der Waals surface area contributed by atoms with Crippen molar-refractivity contribution in [1.29, 1.82) is 0 Å². The molecule has 1 aliphatic carbocycles. The first-order valence-corrected chi connectivity index (χ1v) is 11.8. The molecule has 1 aromatic carbocycles. The molecule has 1 heterocycles. The Hall–Kier alpha value is -0.0200. The Balaban J connectivity index is 1.88. The summed E-state index contributed by atoms with van der Waals surface area (Å²) in [7, 11) is -1.14. The molecule has 0 aromatic heterocycles. The molecule has 3 unspecified atom stereocenters. The number of halogens is 1. The third-order valence-electron chi connectivity index (χ3n) is 5.09. The van der Waals surface area contributed by atoms with Crippen LogP contribution >= 0.6 is 22.6 Å². The van der Waals surface area contributed by atoms with E-state index in [4.69, 9.17) is 4.74 Å². The molecule has 26 heavy (non-hydrogen) atoms. The summed E-state index contributed by atoms with van der Waals surface area (Å²) >= 11 is 2.26. The zero-order valence-electron chi connectivity index (χ0n) is 15.8. The summed E-state index contributed by atoms with van der Waals surface area (Å²) in [4.78, 5) is 0. The average molecular weight is 491 g/mol. The maximum absolute atomic E-state index is 13.4. The monoisotopic (exact) mass is 491 g/mol. The van der Waals surface area contributed by atoms with Gasteiger partial charge in [-0.15, -0.1) is 0 Å². The first kappa shape index (κ1) is 20.7. The molecule has 5 atom stereocenters. The Morgan fingerprint density at radius 1 is 1.23 bits per heavy atom. The SMILES string of the molecule is CC(C)(C)S(=O)N(Cc1ccccc1)[C@@H](C1CC1)[C@@H]1CCC(I)C(O)O1. The van der Waals surface area contributed by atoms with Crippen LogP contribution in [0, 0.1) is 5.92 Å². The van der Waals surface area contributed by atoms with Crippen molar-refractivity contribution in [3.63, 3.8) is 0 Å². The Kier molecular flexibility index (Phi) is 6.81. The van der Waals surface area contributed by atoms with E-state index in [1.165, 1.54) is 5.56 Å². The molecule has 1 aromatic rings. The largest absolute Gasteiger partial charge is 0.367 e. The van der Waals surface area contributed by atoms with Crippen molar-refractivity contribution >= 4 is 33.6 Å². The van der Waals surface area contributed by atoms with Crippen molar-refractivity contribution in [3.8, 4) is 0 Å². The molecule has 146 valence electrons. The minimum atomic E-state index is -1.14. The average Bonchev–Trinajstić information content (AvgIpc) is 3.42. The molecule has 0 spiro atoms. The van der Waals surface area contributed by atoms with Crippen LogP contribution in [-0.2, 0) is 22.3 Å². The number of hydrogen-bond acceptors (Lipinski definition) is 3. The quantitative estimate of drug-likeness (QED) is 0.483. The molecule has 1 saturated heterocycles. The first-order chi connectivity index (χ1) is 12.3. The van der Waals surface area contributed by atoms with Crippen LogP contribution in [0.3, 0.4) is 0 Å². The van der Waals surface area contributed by atoms with Gasteiger partial charge in [-0.2, -0.15) is 0 Å². The van der Waals surface area contributed by atoms with Crippen molar-refractivity contribution < 1.29 is 14.1 Å². The van der Waals surface area contributed by atoms with Crippen molar-refractivity contribution in [1.82, 2.24) is 4.31 Å². The molecule has 2 fully saturated rings. The van der Waals surface area contributed by atoms with Crippen LogP contribution in [0.4, 0.5) is 0 Å². The highest BCUT2D eigenvalue weighted by Crippen LogP contribution is 2.42. The third kappa shape index (κ3) is 5.07. The van der Waals surface area contributed by atoms with E-state index in [-0.39, 0.29) is 20.8 Å². The van der Waals surface area contributed by atoms with E-state index in [2.05, 4.69) is 39.0 Å². The lowest BCUT2D eigenvalue weighted by Crippen LogP contribution is -2.53. The molecule has 0 amide bonds. The molecule has 4 nitrogen and oxygen atoms in total. The maximum Gasteiger partial charge on any atom is 0.166 e. The molecule has 1 aliphatic heterocycles. The lowest BCUT2D eigenvalue weighted by atomic mass is 9.97. The Labute approximate surface area is 173 Å². The Bertz CT molecular complexity index is 617. The second-order valence-corrected chi connectivity index (χ2v) is 12.2. The third-order valence-corrected chi connectivity index (χ3v) is 8.17. The van der Waals surface area contributed by atoms with Crippen molar-refractivity contribution in [2.24, 2.45) is 5.92 Å². The van der Waals surface area contributed by atoms with Crippen LogP contribution in [0.1, 0.15) is 52.0 Å². The van der Waals surface area contributed by atoms with Crippen LogP contribution < -0.4 is 0 Å². The highest BCUT2D eigenvalue weighted by Gasteiger charge is 2.46. The molecule has 0 radical (unpaired) electrons. The van der Waals surface area contributed by atoms with E-state index in [1.807, 2.05) is 39.0 Å². The number of rotatable bonds is 6. The van der Waals surface area contributed by atoms with E-state index >= 15 is 0 Å². The van der Waals surface area contributed by atoms with Gasteiger partial charge < -0.3 is 9.84 Å². The molecule has 1 N–H and O–H groups in total. The molecular weight excluding hydrogens is 461 g/mol. The van der Waals surface area contributed by atoms with Gasteiger partial charge in [0, 0.05) is 6.54 Å². The molecule has 2 aliphatic rings. The van der Waals surface area contributed by atoms with Gasteiger partial charge in [-0.3, -0.25) is 0 Å². The van der Waals surface area contributed by atoms with Crippen LogP contribution in [0.2, 0.25) is 0 Å². The Morgan fingerprint density at radius 2 is 1.88 bits per heavy atom. The second-order valence-electron chi connectivity index (χ2n) is 8.41. The maximum atomic E-state index is 13.4. The van der Waals surface area contributed by atoms with E-state index in [0.29, 0.717) is 12.5 Å². The summed E-state index contributed by atoms with van der Waals surface area (Å²) in [5, 5.41) is 10.2. The first-order valence-electron chi connectivity index (χ1n) is 9.47. The fraction of sp³-hybridized carbons (Fsp3) is 0.700. The highest BCUT2D eigenvalue weighted by atomic mass is 127. The molecule has 3 rings (SSSR count). The minimum absolute atomic E-state index is 0.0569. The molecule has 1 saturated carbocycles. The predicted molar refractivity (Wildman–Crippen MR) is 114 cm³/mol. The standard InChI is InChI=1S/C20H30INO3S/c1-20(2,3)26(24)22(13-14-7-5-4-6-8-14)18(15-9-10-15)17-12-11-16(21)19(23)25-17/h4-8,15-19,23H,9-13H2,1-3H3/t16?,17-,18-,19?,26?/m0/s1. The zero-order valence-corrected chi connectivity index (χ0v) is 18.8. The Morgan fingerprint density at radius 3 is 2.42 bits per heavy atom. The smallest absolute Gasteiger partial charge is 0.166 e. The number of ether oxygens (including phenoxy) is 1. The van der Waals surface area contributed by atoms with Gasteiger partial charge in [-0.1, -0.05) is 52.9 Å². The fourth-order valence-corrected chi connectivity index (χ4v) is 5.63. The fourth-order valence-electron chi connectivity index (χ4n) is 3.60. The van der Waals surface area contributed by atoms with E-state index in [1.54, 1.807) is 0 Å². The van der Waals surface area contributed by atoms with Gasteiger partial charge in [-0.05, 0) is 57.9 Å². The number of nitrogens with zero attached hydrogens (tertiary/aromatic N) is 1. The second kappa shape index (κ2) is 8.55. The lowest BCUT2D eigenvalue weighted by molar-refractivity contribution is -0.171. The van der Waals surface area contributed by atoms with Crippen LogP contribution in [0.15, 0.2) is 30.3 Å². The molecular formula is C20H30INO3S. The van der Waals surface area contributed by atoms with Gasteiger partial charge in [-0.25, -0.2) is 8.51 Å². The topological polar surface area (TPSA) is 49.8 Å². The van der Waals surface area contributed by atoms with Gasteiger partial charge in [0.25, 0.3) is 0 Å². The number of aliphatic hydroxyl groups excluding tert-OH is 1. The van der Waals surface area contributed by atoms with Gasteiger partial charge >= 0.3 is 0 Å². The van der Waals surface area contributed by atoms with E-state index in [9.17, 15) is 9.32 Å². The highest BCUT2D eigenvalue weighted by molar-refractivity contribution is 14.1. The van der Waals surface area contributed by atoms with Crippen molar-refractivity contribution in [3.05, 3.63) is 35.9 Å². The van der Waals surface area contributed by atoms with Gasteiger partial charge in [0.15, 0.2) is 6.29 Å². The summed E-state index contributed by atoms with van der Waals surface area (Å²) in [6.07, 6.45) is 3.38. The molecule has 6 heteroatoms. The predicted octanol–water partition coefficient (Wildman–Crippen LogP) is 4.03. The lowest BCUT2D eigenvalue weighted by Gasteiger charge is -2.42. The summed E-state index contributed by atoms with van der Waals surface area (Å²) in [5.41, 5.74) is 1.17. The summed E-state index contributed by atoms with van der Waals surface area (Å²) in [5.74, 6) is 0.507. The summed E-state index contributed by atoms with van der Waals surface area (Å²) in [6, 6.07) is 10.3. The number of aliphatic hydroxyl groups is 1. The van der Waals surface area contributed by atoms with E-state index < -0.39 is 17.3 Å². The number of hydrogen-bond donors (Lipinski definition) is 1. The van der Waals surface area contributed by atoms with Crippen LogP contribution in [-0.4, -0.2) is 40.7 Å². The van der Waals surface area contributed by atoms with Crippen molar-refractivity contribution in [2.45, 2.75) is 80.1 Å². The van der Waals surface area contributed by atoms with Gasteiger partial charge in [0.2, 0.25) is 0 Å². The number of benzene rings is 1. The van der Waals surface area contributed by atoms with Gasteiger partial charge in [0.1, 0.15) is 11.0 Å². The minimum Gasteiger partial charge on any atom is -0.367 e. The number of alkyl halides is 1. The van der Waals surface area contributed by atoms with Crippen LogP contribution in [0.5, 0.6) is 0 Å². The normalized spacial score (nSPS) is 29.5. The zero-order chi connectivity index (χ0) is 18.9.